The van der Waals surface area contributed by atoms with E-state index in [-0.39, 0.29) is 17.9 Å². The lowest BCUT2D eigenvalue weighted by atomic mass is 10.2. The van der Waals surface area contributed by atoms with Crippen LogP contribution in [0, 0.1) is 10.1 Å². The van der Waals surface area contributed by atoms with E-state index in [2.05, 4.69) is 20.2 Å². The van der Waals surface area contributed by atoms with Crippen molar-refractivity contribution in [2.45, 2.75) is 25.3 Å². The Morgan fingerprint density at radius 1 is 1.06 bits per heavy atom. The third-order valence-electron chi connectivity index (χ3n) is 4.20. The monoisotopic (exact) mass is 485 g/mol. The highest BCUT2D eigenvalue weighted by atomic mass is 32.2. The summed E-state index contributed by atoms with van der Waals surface area (Å²) in [6, 6.07) is 0. The minimum absolute atomic E-state index is 0.0120. The molecule has 0 fully saturated rings. The van der Waals surface area contributed by atoms with Gasteiger partial charge in [-0.3, -0.25) is 10.1 Å². The molecule has 0 aliphatic heterocycles. The van der Waals surface area contributed by atoms with E-state index in [1.165, 1.54) is 11.3 Å². The number of rotatable bonds is 13. The molecule has 2 N–H and O–H groups in total. The lowest BCUT2D eigenvalue weighted by Crippen LogP contribution is -2.29. The first-order valence-electron chi connectivity index (χ1n) is 9.73. The van der Waals surface area contributed by atoms with E-state index < -0.39 is 4.92 Å². The first-order chi connectivity index (χ1) is 14.7. The molecule has 2 aromatic heterocycles. The highest BCUT2D eigenvalue weighted by Crippen LogP contribution is 2.19. The van der Waals surface area contributed by atoms with E-state index >= 15 is 0 Å². The predicted octanol–water partition coefficient (Wildman–Crippen LogP) is 2.54. The van der Waals surface area contributed by atoms with Gasteiger partial charge in [-0.25, -0.2) is 9.97 Å². The number of hydrogen-bond donors (Lipinski definition) is 1. The Bertz CT molecular complexity index is 879. The molecule has 2 heterocycles. The van der Waals surface area contributed by atoms with E-state index in [1.54, 1.807) is 35.0 Å². The molecule has 12 heteroatoms. The van der Waals surface area contributed by atoms with Gasteiger partial charge in [0.2, 0.25) is 0 Å². The van der Waals surface area contributed by atoms with Gasteiger partial charge in [0.15, 0.2) is 5.82 Å². The molecule has 0 aliphatic rings. The van der Waals surface area contributed by atoms with E-state index in [1.807, 2.05) is 38.5 Å². The number of nitro groups is 1. The van der Waals surface area contributed by atoms with Gasteiger partial charge in [-0.05, 0) is 28.2 Å². The molecule has 0 amide bonds. The minimum atomic E-state index is -0.397. The normalized spacial score (nSPS) is 12.5. The first-order valence-corrected chi connectivity index (χ1v) is 12.6. The summed E-state index contributed by atoms with van der Waals surface area (Å²) in [5.41, 5.74) is 7.88. The number of nitrogens with two attached hydrogens (primary N) is 1. The summed E-state index contributed by atoms with van der Waals surface area (Å²) in [5.74, 6) is 1.80. The van der Waals surface area contributed by atoms with Gasteiger partial charge >= 0.3 is 0 Å². The molecular formula is C19H31N7O2S3. The van der Waals surface area contributed by atoms with Crippen molar-refractivity contribution < 1.29 is 4.92 Å². The van der Waals surface area contributed by atoms with Crippen molar-refractivity contribution >= 4 is 34.4 Å². The maximum Gasteiger partial charge on any atom is 0.291 e. The molecule has 0 spiro atoms. The van der Waals surface area contributed by atoms with Crippen LogP contribution in [0.5, 0.6) is 0 Å². The van der Waals surface area contributed by atoms with Gasteiger partial charge in [0, 0.05) is 48.9 Å². The number of aromatic nitrogens is 2. The molecule has 0 radical (unpaired) electrons. The summed E-state index contributed by atoms with van der Waals surface area (Å²) < 4.78 is 0. The van der Waals surface area contributed by atoms with Crippen LogP contribution in [0.15, 0.2) is 22.3 Å². The van der Waals surface area contributed by atoms with E-state index in [0.717, 1.165) is 33.8 Å². The lowest BCUT2D eigenvalue weighted by molar-refractivity contribution is -0.429. The average Bonchev–Trinajstić information content (AvgIpc) is 3.30. The summed E-state index contributed by atoms with van der Waals surface area (Å²) in [6.45, 7) is 2.18. The maximum absolute atomic E-state index is 11.6. The number of thiazole rings is 2. The van der Waals surface area contributed by atoms with Crippen molar-refractivity contribution in [1.82, 2.24) is 24.7 Å². The van der Waals surface area contributed by atoms with Gasteiger partial charge in [0.1, 0.15) is 10.0 Å². The van der Waals surface area contributed by atoms with Crippen LogP contribution >= 0.6 is 34.4 Å². The van der Waals surface area contributed by atoms with Gasteiger partial charge in [-0.2, -0.15) is 11.8 Å². The number of hydrogen-bond acceptors (Lipinski definition) is 11. The molecule has 0 aromatic carbocycles. The average molecular weight is 486 g/mol. The van der Waals surface area contributed by atoms with Crippen molar-refractivity contribution in [3.63, 3.8) is 0 Å². The molecule has 172 valence electrons. The van der Waals surface area contributed by atoms with Crippen LogP contribution in [-0.4, -0.2) is 77.1 Å². The van der Waals surface area contributed by atoms with Crippen LogP contribution in [0.25, 0.3) is 0 Å². The van der Waals surface area contributed by atoms with Crippen LogP contribution < -0.4 is 5.73 Å². The molecule has 2 rings (SSSR count). The van der Waals surface area contributed by atoms with E-state index in [4.69, 9.17) is 5.73 Å². The van der Waals surface area contributed by atoms with E-state index in [0.29, 0.717) is 18.8 Å². The van der Waals surface area contributed by atoms with Crippen molar-refractivity contribution in [2.24, 2.45) is 5.73 Å². The zero-order valence-electron chi connectivity index (χ0n) is 18.7. The van der Waals surface area contributed by atoms with Crippen molar-refractivity contribution in [3.8, 4) is 0 Å². The Morgan fingerprint density at radius 2 is 1.61 bits per heavy atom. The lowest BCUT2D eigenvalue weighted by Gasteiger charge is -2.18. The molecule has 0 unspecified atom stereocenters. The quantitative estimate of drug-likeness (QED) is 0.260. The van der Waals surface area contributed by atoms with Crippen molar-refractivity contribution in [1.29, 1.82) is 0 Å². The van der Waals surface area contributed by atoms with Crippen LogP contribution in [-0.2, 0) is 25.3 Å². The topological polar surface area (TPSA) is 105 Å². The first kappa shape index (κ1) is 25.5. The van der Waals surface area contributed by atoms with Crippen molar-refractivity contribution in [2.75, 3.05) is 47.5 Å². The summed E-state index contributed by atoms with van der Waals surface area (Å²) in [4.78, 5) is 26.2. The molecule has 0 aliphatic carbocycles. The number of thioether (sulfide) groups is 1. The minimum Gasteiger partial charge on any atom is -0.380 e. The van der Waals surface area contributed by atoms with Gasteiger partial charge in [0.25, 0.3) is 5.70 Å². The highest BCUT2D eigenvalue weighted by molar-refractivity contribution is 7.98. The van der Waals surface area contributed by atoms with Gasteiger partial charge in [0.05, 0.1) is 22.7 Å². The fourth-order valence-electron chi connectivity index (χ4n) is 2.67. The SMILES string of the molecule is CN(C)Cc1nc(CSCCN(C)/C(N)=C(\Cc2csc(CN(C)C)n2)[N+](=O)[O-])cs1. The van der Waals surface area contributed by atoms with Gasteiger partial charge in [-0.15, -0.1) is 22.7 Å². The molecular weight excluding hydrogens is 454 g/mol. The molecule has 2 aromatic rings. The summed E-state index contributed by atoms with van der Waals surface area (Å²) >= 11 is 4.92. The molecule has 0 atom stereocenters. The maximum atomic E-state index is 11.6. The number of nitrogens with zero attached hydrogens (tertiary/aromatic N) is 6. The Morgan fingerprint density at radius 3 is 2.16 bits per heavy atom. The second-order valence-electron chi connectivity index (χ2n) is 7.68. The summed E-state index contributed by atoms with van der Waals surface area (Å²) in [5, 5.41) is 17.6. The third kappa shape index (κ3) is 8.73. The van der Waals surface area contributed by atoms with Crippen LogP contribution in [0.1, 0.15) is 21.4 Å². The van der Waals surface area contributed by atoms with Gasteiger partial charge < -0.3 is 20.4 Å². The Labute approximate surface area is 196 Å². The molecule has 0 saturated heterocycles. The zero-order valence-corrected chi connectivity index (χ0v) is 21.1. The van der Waals surface area contributed by atoms with Crippen LogP contribution in [0.3, 0.4) is 0 Å². The predicted molar refractivity (Wildman–Crippen MR) is 130 cm³/mol. The van der Waals surface area contributed by atoms with Crippen LogP contribution in [0.2, 0.25) is 0 Å². The van der Waals surface area contributed by atoms with E-state index in [9.17, 15) is 10.1 Å². The standard InChI is InChI=1S/C19H31N7O2S3/c1-23(2)9-17-21-14(12-30-17)8-16(26(27)28)19(20)25(5)6-7-29-11-15-13-31-18(22-15)10-24(3)4/h12-13H,6-11,20H2,1-5H3/b19-16+. The summed E-state index contributed by atoms with van der Waals surface area (Å²) in [6.07, 6.45) is 0.119. The molecule has 0 saturated carbocycles. The summed E-state index contributed by atoms with van der Waals surface area (Å²) in [7, 11) is 9.77. The Kier molecular flexibility index (Phi) is 10.2. The smallest absolute Gasteiger partial charge is 0.291 e. The molecule has 9 nitrogen and oxygen atoms in total. The van der Waals surface area contributed by atoms with Gasteiger partial charge in [-0.1, -0.05) is 0 Å². The molecule has 31 heavy (non-hydrogen) atoms. The fraction of sp³-hybridized carbons (Fsp3) is 0.579. The Balaban J connectivity index is 1.88. The highest BCUT2D eigenvalue weighted by Gasteiger charge is 2.21. The second kappa shape index (κ2) is 12.3. The Hall–Kier alpha value is -1.73. The van der Waals surface area contributed by atoms with Crippen molar-refractivity contribution in [3.05, 3.63) is 53.8 Å². The zero-order chi connectivity index (χ0) is 23.0. The largest absolute Gasteiger partial charge is 0.380 e. The molecule has 0 bridgehead atoms. The van der Waals surface area contributed by atoms with Crippen LogP contribution in [0.4, 0.5) is 0 Å². The second-order valence-corrected chi connectivity index (χ2v) is 10.7. The third-order valence-corrected chi connectivity index (χ3v) is 6.93. The fourth-order valence-corrected chi connectivity index (χ4v) is 5.50. The number of allylic oxidation sites excluding steroid dienone is 1.